The second-order valence-corrected chi connectivity index (χ2v) is 10.4. The van der Waals surface area contributed by atoms with Gasteiger partial charge in [-0.2, -0.15) is 0 Å². The highest BCUT2D eigenvalue weighted by Crippen LogP contribution is 2.38. The first kappa shape index (κ1) is 27.8. The van der Waals surface area contributed by atoms with E-state index >= 15 is 0 Å². The molecule has 0 spiro atoms. The van der Waals surface area contributed by atoms with E-state index in [0.717, 1.165) is 42.6 Å². The van der Waals surface area contributed by atoms with Crippen molar-refractivity contribution < 1.29 is 28.2 Å². The van der Waals surface area contributed by atoms with Crippen LogP contribution in [-0.4, -0.2) is 62.3 Å². The fourth-order valence-electron chi connectivity index (χ4n) is 5.63. The van der Waals surface area contributed by atoms with Crippen molar-refractivity contribution in [3.63, 3.8) is 0 Å². The number of carbonyl (C=O) groups is 2. The molecule has 0 radical (unpaired) electrons. The Balaban J connectivity index is 1.42. The largest absolute Gasteiger partial charge is 0.467 e. The lowest BCUT2D eigenvalue weighted by molar-refractivity contribution is -0.149. The Kier molecular flexibility index (Phi) is 8.47. The van der Waals surface area contributed by atoms with Crippen LogP contribution in [0.5, 0.6) is 5.75 Å². The SMILES string of the molecule is CCOC(=O)C(c1cc(F)ccc1OCOC)N1Cc2ccc(-c3ccc(C4CCN(C)CC4)cc3)cc2C1=O. The van der Waals surface area contributed by atoms with Gasteiger partial charge in [-0.15, -0.1) is 0 Å². The number of nitrogens with zero attached hydrogens (tertiary/aromatic N) is 2. The van der Waals surface area contributed by atoms with Crippen LogP contribution >= 0.6 is 0 Å². The molecule has 0 aromatic heterocycles. The second kappa shape index (κ2) is 12.2. The van der Waals surface area contributed by atoms with E-state index in [1.54, 1.807) is 6.92 Å². The molecule has 2 aliphatic heterocycles. The number of likely N-dealkylation sites (tertiary alicyclic amines) is 1. The molecule has 8 heteroatoms. The minimum Gasteiger partial charge on any atom is -0.467 e. The van der Waals surface area contributed by atoms with Crippen molar-refractivity contribution in [2.45, 2.75) is 38.3 Å². The molecule has 1 unspecified atom stereocenters. The lowest BCUT2D eigenvalue weighted by Crippen LogP contribution is -2.36. The molecule has 0 bridgehead atoms. The Labute approximate surface area is 234 Å². The van der Waals surface area contributed by atoms with Gasteiger partial charge in [0.15, 0.2) is 12.8 Å². The first-order chi connectivity index (χ1) is 19.4. The number of esters is 1. The van der Waals surface area contributed by atoms with Gasteiger partial charge in [-0.25, -0.2) is 9.18 Å². The summed E-state index contributed by atoms with van der Waals surface area (Å²) in [6.45, 7) is 4.12. The Hall–Kier alpha value is -3.75. The van der Waals surface area contributed by atoms with Gasteiger partial charge in [0.1, 0.15) is 11.6 Å². The van der Waals surface area contributed by atoms with Crippen LogP contribution in [0.1, 0.15) is 58.8 Å². The first-order valence-corrected chi connectivity index (χ1v) is 13.7. The van der Waals surface area contributed by atoms with E-state index in [1.165, 1.54) is 35.8 Å². The number of rotatable bonds is 9. The molecule has 1 amide bonds. The summed E-state index contributed by atoms with van der Waals surface area (Å²) in [5.74, 6) is -0.707. The molecule has 1 fully saturated rings. The lowest BCUT2D eigenvalue weighted by Gasteiger charge is -2.29. The van der Waals surface area contributed by atoms with Crippen LogP contribution in [0.4, 0.5) is 4.39 Å². The van der Waals surface area contributed by atoms with Crippen LogP contribution in [0.3, 0.4) is 0 Å². The summed E-state index contributed by atoms with van der Waals surface area (Å²) in [5, 5.41) is 0. The normalized spacial score (nSPS) is 16.6. The van der Waals surface area contributed by atoms with Gasteiger partial charge in [-0.1, -0.05) is 36.4 Å². The Morgan fingerprint density at radius 2 is 1.75 bits per heavy atom. The van der Waals surface area contributed by atoms with E-state index in [9.17, 15) is 14.0 Å². The van der Waals surface area contributed by atoms with Crippen molar-refractivity contribution in [2.75, 3.05) is 40.6 Å². The molecule has 7 nitrogen and oxygen atoms in total. The fraction of sp³-hybridized carbons (Fsp3) is 0.375. The predicted molar refractivity (Wildman–Crippen MR) is 150 cm³/mol. The number of piperidine rings is 1. The number of amides is 1. The van der Waals surface area contributed by atoms with Crippen LogP contribution in [0.15, 0.2) is 60.7 Å². The Morgan fingerprint density at radius 3 is 2.45 bits per heavy atom. The van der Waals surface area contributed by atoms with Crippen LogP contribution in [0.2, 0.25) is 0 Å². The standard InChI is InChI=1S/C32H35FN2O5/c1-4-39-32(37)30(28-18-26(33)11-12-29(28)40-20-38-3)35-19-25-10-9-24(17-27(25)31(35)36)22-7-5-21(6-8-22)23-13-15-34(2)16-14-23/h5-12,17-18,23,30H,4,13-16,19-20H2,1-3H3. The van der Waals surface area contributed by atoms with Crippen molar-refractivity contribution in [3.8, 4) is 16.9 Å². The maximum Gasteiger partial charge on any atom is 0.333 e. The number of hydrogen-bond acceptors (Lipinski definition) is 6. The third-order valence-corrected chi connectivity index (χ3v) is 7.80. The van der Waals surface area contributed by atoms with Gasteiger partial charge >= 0.3 is 5.97 Å². The van der Waals surface area contributed by atoms with Crippen molar-refractivity contribution in [2.24, 2.45) is 0 Å². The van der Waals surface area contributed by atoms with E-state index in [1.807, 2.05) is 18.2 Å². The molecular weight excluding hydrogens is 511 g/mol. The number of halogens is 1. The topological polar surface area (TPSA) is 68.3 Å². The van der Waals surface area contributed by atoms with Gasteiger partial charge in [-0.3, -0.25) is 4.79 Å². The number of benzene rings is 3. The van der Waals surface area contributed by atoms with Crippen molar-refractivity contribution in [1.29, 1.82) is 0 Å². The van der Waals surface area contributed by atoms with Gasteiger partial charge in [0.25, 0.3) is 5.91 Å². The summed E-state index contributed by atoms with van der Waals surface area (Å²) in [6, 6.07) is 17.1. The average molecular weight is 547 g/mol. The zero-order valence-electron chi connectivity index (χ0n) is 23.2. The maximum atomic E-state index is 14.4. The van der Waals surface area contributed by atoms with Crippen LogP contribution in [0, 0.1) is 5.82 Å². The summed E-state index contributed by atoms with van der Waals surface area (Å²) in [7, 11) is 3.63. The molecule has 3 aromatic rings. The van der Waals surface area contributed by atoms with Crippen LogP contribution < -0.4 is 4.74 Å². The molecule has 0 saturated carbocycles. The van der Waals surface area contributed by atoms with E-state index in [-0.39, 0.29) is 37.2 Å². The zero-order valence-corrected chi connectivity index (χ0v) is 23.2. The second-order valence-electron chi connectivity index (χ2n) is 10.4. The molecule has 0 aliphatic carbocycles. The summed E-state index contributed by atoms with van der Waals surface area (Å²) >= 11 is 0. The average Bonchev–Trinajstić information content (AvgIpc) is 3.28. The number of fused-ring (bicyclic) bond motifs is 1. The summed E-state index contributed by atoms with van der Waals surface area (Å²) in [4.78, 5) is 30.7. The molecule has 1 saturated heterocycles. The third kappa shape index (κ3) is 5.74. The van der Waals surface area contributed by atoms with E-state index in [0.29, 0.717) is 11.5 Å². The van der Waals surface area contributed by atoms with Crippen molar-refractivity contribution >= 4 is 11.9 Å². The highest BCUT2D eigenvalue weighted by Gasteiger charge is 2.40. The van der Waals surface area contributed by atoms with Crippen LogP contribution in [-0.2, 0) is 20.8 Å². The molecular formula is C32H35FN2O5. The predicted octanol–water partition coefficient (Wildman–Crippen LogP) is 5.54. The molecule has 40 heavy (non-hydrogen) atoms. The monoisotopic (exact) mass is 546 g/mol. The fourth-order valence-corrected chi connectivity index (χ4v) is 5.63. The zero-order chi connectivity index (χ0) is 28.2. The van der Waals surface area contributed by atoms with E-state index in [4.69, 9.17) is 14.2 Å². The number of methoxy groups -OCH3 is 1. The maximum absolute atomic E-state index is 14.4. The number of carbonyl (C=O) groups excluding carboxylic acids is 2. The molecule has 0 N–H and O–H groups in total. The third-order valence-electron chi connectivity index (χ3n) is 7.80. The lowest BCUT2D eigenvalue weighted by atomic mass is 9.88. The van der Waals surface area contributed by atoms with Crippen molar-refractivity contribution in [3.05, 3.63) is 88.7 Å². The van der Waals surface area contributed by atoms with Gasteiger partial charge in [0, 0.05) is 24.8 Å². The molecule has 2 aliphatic rings. The smallest absolute Gasteiger partial charge is 0.333 e. The summed E-state index contributed by atoms with van der Waals surface area (Å²) in [5.41, 5.74) is 4.81. The molecule has 2 heterocycles. The highest BCUT2D eigenvalue weighted by atomic mass is 19.1. The summed E-state index contributed by atoms with van der Waals surface area (Å²) < 4.78 is 30.3. The van der Waals surface area contributed by atoms with E-state index in [2.05, 4.69) is 36.2 Å². The van der Waals surface area contributed by atoms with Crippen LogP contribution in [0.25, 0.3) is 11.1 Å². The molecule has 210 valence electrons. The van der Waals surface area contributed by atoms with Gasteiger partial charge in [0.2, 0.25) is 0 Å². The first-order valence-electron chi connectivity index (χ1n) is 13.7. The summed E-state index contributed by atoms with van der Waals surface area (Å²) in [6.07, 6.45) is 2.31. The van der Waals surface area contributed by atoms with Crippen molar-refractivity contribution in [1.82, 2.24) is 9.80 Å². The number of ether oxygens (including phenoxy) is 3. The van der Waals surface area contributed by atoms with Gasteiger partial charge < -0.3 is 24.0 Å². The minimum absolute atomic E-state index is 0.0949. The Bertz CT molecular complexity index is 1370. The minimum atomic E-state index is -1.18. The van der Waals surface area contributed by atoms with E-state index < -0.39 is 17.8 Å². The molecule has 1 atom stereocenters. The van der Waals surface area contributed by atoms with Gasteiger partial charge in [0.05, 0.1) is 6.61 Å². The number of hydrogen-bond donors (Lipinski definition) is 0. The molecule has 3 aromatic carbocycles. The molecule has 5 rings (SSSR count). The Morgan fingerprint density at radius 1 is 1.02 bits per heavy atom. The quantitative estimate of drug-likeness (QED) is 0.259. The highest BCUT2D eigenvalue weighted by molar-refractivity contribution is 6.02. The van der Waals surface area contributed by atoms with Gasteiger partial charge in [-0.05, 0) is 92.3 Å².